The fourth-order valence-electron chi connectivity index (χ4n) is 3.77. The van der Waals surface area contributed by atoms with E-state index >= 15 is 0 Å². The number of amides is 1. The van der Waals surface area contributed by atoms with E-state index in [1.807, 2.05) is 0 Å². The van der Waals surface area contributed by atoms with Gasteiger partial charge < -0.3 is 4.42 Å². The number of anilines is 1. The molecule has 0 aliphatic heterocycles. The van der Waals surface area contributed by atoms with Crippen LogP contribution < -0.4 is 5.32 Å². The largest absolute Gasteiger partial charge is 0.408 e. The Morgan fingerprint density at radius 1 is 0.667 bits per heavy atom. The Balaban J connectivity index is 1.97. The monoisotopic (exact) mass is 421 g/mol. The minimum Gasteiger partial charge on any atom is -0.408 e. The SMILES string of the molecule is CCCCCCCCCCCC(=O)Nc1nnc(CCCCCCCCCCC)o1. The second-order valence-electron chi connectivity index (χ2n) is 8.71. The number of unbranched alkanes of at least 4 members (excludes halogenated alkanes) is 16. The van der Waals surface area contributed by atoms with Gasteiger partial charge in [-0.2, -0.15) is 0 Å². The maximum Gasteiger partial charge on any atom is 0.322 e. The predicted octanol–water partition coefficient (Wildman–Crippen LogP) is 8.00. The molecule has 30 heavy (non-hydrogen) atoms. The van der Waals surface area contributed by atoms with Crippen molar-refractivity contribution in [2.45, 2.75) is 142 Å². The zero-order chi connectivity index (χ0) is 21.7. The average Bonchev–Trinajstić information content (AvgIpc) is 3.18. The molecule has 0 radical (unpaired) electrons. The summed E-state index contributed by atoms with van der Waals surface area (Å²) in [5.74, 6) is 0.618. The zero-order valence-corrected chi connectivity index (χ0v) is 19.9. The number of hydrogen-bond acceptors (Lipinski definition) is 4. The molecule has 5 heteroatoms. The van der Waals surface area contributed by atoms with Gasteiger partial charge in [0.05, 0.1) is 0 Å². The van der Waals surface area contributed by atoms with Crippen molar-refractivity contribution in [1.29, 1.82) is 0 Å². The maximum atomic E-state index is 12.0. The number of rotatable bonds is 21. The molecule has 0 saturated heterocycles. The van der Waals surface area contributed by atoms with E-state index in [-0.39, 0.29) is 11.9 Å². The van der Waals surface area contributed by atoms with Gasteiger partial charge in [-0.25, -0.2) is 0 Å². The Morgan fingerprint density at radius 2 is 1.13 bits per heavy atom. The lowest BCUT2D eigenvalue weighted by Crippen LogP contribution is -2.11. The molecule has 0 atom stereocenters. The molecule has 0 bridgehead atoms. The standard InChI is InChI=1S/C25H47N3O2/c1-3-5-7-9-11-13-15-17-19-21-23(29)26-25-28-27-24(30-25)22-20-18-16-14-12-10-8-6-4-2/h3-22H2,1-2H3,(H,26,28,29). The van der Waals surface area contributed by atoms with Crippen LogP contribution in [0.15, 0.2) is 4.42 Å². The van der Waals surface area contributed by atoms with Crippen LogP contribution in [0.5, 0.6) is 0 Å². The van der Waals surface area contributed by atoms with E-state index in [2.05, 4.69) is 29.4 Å². The molecule has 174 valence electrons. The highest BCUT2D eigenvalue weighted by atomic mass is 16.4. The van der Waals surface area contributed by atoms with Crippen molar-refractivity contribution in [3.05, 3.63) is 5.89 Å². The number of nitrogens with zero attached hydrogens (tertiary/aromatic N) is 2. The number of carbonyl (C=O) groups is 1. The van der Waals surface area contributed by atoms with Crippen LogP contribution in [-0.4, -0.2) is 16.1 Å². The van der Waals surface area contributed by atoms with E-state index in [1.54, 1.807) is 0 Å². The normalized spacial score (nSPS) is 11.1. The van der Waals surface area contributed by atoms with Gasteiger partial charge in [-0.05, 0) is 12.8 Å². The first-order chi connectivity index (χ1) is 14.8. The fourth-order valence-corrected chi connectivity index (χ4v) is 3.77. The molecule has 1 aromatic rings. The van der Waals surface area contributed by atoms with Gasteiger partial charge in [-0.15, -0.1) is 5.10 Å². The van der Waals surface area contributed by atoms with Crippen molar-refractivity contribution in [1.82, 2.24) is 10.2 Å². The molecule has 1 rings (SSSR count). The molecule has 1 amide bonds. The molecule has 5 nitrogen and oxygen atoms in total. The summed E-state index contributed by atoms with van der Waals surface area (Å²) in [6.45, 7) is 4.50. The Kier molecular flexibility index (Phi) is 17.4. The highest BCUT2D eigenvalue weighted by Crippen LogP contribution is 2.14. The van der Waals surface area contributed by atoms with Gasteiger partial charge >= 0.3 is 6.01 Å². The van der Waals surface area contributed by atoms with Gasteiger partial charge in [-0.1, -0.05) is 122 Å². The van der Waals surface area contributed by atoms with E-state index in [1.165, 1.54) is 96.3 Å². The predicted molar refractivity (Wildman–Crippen MR) is 126 cm³/mol. The molecule has 0 aliphatic carbocycles. The van der Waals surface area contributed by atoms with Crippen molar-refractivity contribution in [2.24, 2.45) is 0 Å². The zero-order valence-electron chi connectivity index (χ0n) is 19.9. The molecule has 1 aromatic heterocycles. The topological polar surface area (TPSA) is 68.0 Å². The summed E-state index contributed by atoms with van der Waals surface area (Å²) in [7, 11) is 0. The first-order valence-corrected chi connectivity index (χ1v) is 12.9. The van der Waals surface area contributed by atoms with Crippen LogP contribution in [0.1, 0.15) is 142 Å². The highest BCUT2D eigenvalue weighted by Gasteiger charge is 2.09. The van der Waals surface area contributed by atoms with Gasteiger partial charge in [0.2, 0.25) is 11.8 Å². The van der Waals surface area contributed by atoms with Crippen LogP contribution in [0, 0.1) is 0 Å². The van der Waals surface area contributed by atoms with Gasteiger partial charge in [0, 0.05) is 12.8 Å². The van der Waals surface area contributed by atoms with E-state index in [9.17, 15) is 4.79 Å². The third kappa shape index (κ3) is 15.4. The summed E-state index contributed by atoms with van der Waals surface area (Å²) in [4.78, 5) is 12.0. The average molecular weight is 422 g/mol. The van der Waals surface area contributed by atoms with Crippen LogP contribution in [0.3, 0.4) is 0 Å². The molecular weight excluding hydrogens is 374 g/mol. The van der Waals surface area contributed by atoms with Crippen molar-refractivity contribution >= 4 is 11.9 Å². The Hall–Kier alpha value is -1.39. The summed E-state index contributed by atoms with van der Waals surface area (Å²) < 4.78 is 5.56. The molecule has 0 aromatic carbocycles. The molecule has 1 heterocycles. The molecule has 0 unspecified atom stereocenters. The lowest BCUT2D eigenvalue weighted by atomic mass is 10.1. The Morgan fingerprint density at radius 3 is 1.67 bits per heavy atom. The summed E-state index contributed by atoms with van der Waals surface area (Å²) in [5, 5.41) is 10.8. The third-order valence-corrected chi connectivity index (χ3v) is 5.71. The van der Waals surface area contributed by atoms with E-state index in [0.717, 1.165) is 25.7 Å². The number of nitrogens with one attached hydrogen (secondary N) is 1. The van der Waals surface area contributed by atoms with Crippen LogP contribution in [0.2, 0.25) is 0 Å². The second kappa shape index (κ2) is 19.6. The number of hydrogen-bond donors (Lipinski definition) is 1. The van der Waals surface area contributed by atoms with Crippen LogP contribution in [0.25, 0.3) is 0 Å². The maximum absolute atomic E-state index is 12.0. The quantitative estimate of drug-likeness (QED) is 0.204. The van der Waals surface area contributed by atoms with Gasteiger partial charge in [0.1, 0.15) is 0 Å². The number of carbonyl (C=O) groups excluding carboxylic acids is 1. The lowest BCUT2D eigenvalue weighted by Gasteiger charge is -2.02. The van der Waals surface area contributed by atoms with Crippen LogP contribution in [0.4, 0.5) is 6.01 Å². The first-order valence-electron chi connectivity index (χ1n) is 12.9. The Bertz CT molecular complexity index is 516. The smallest absolute Gasteiger partial charge is 0.322 e. The van der Waals surface area contributed by atoms with Gasteiger partial charge in [-0.3, -0.25) is 10.1 Å². The van der Waals surface area contributed by atoms with E-state index < -0.39 is 0 Å². The van der Waals surface area contributed by atoms with Gasteiger partial charge in [0.15, 0.2) is 0 Å². The first kappa shape index (κ1) is 26.6. The molecule has 0 saturated carbocycles. The van der Waals surface area contributed by atoms with Crippen LogP contribution in [-0.2, 0) is 11.2 Å². The van der Waals surface area contributed by atoms with E-state index in [4.69, 9.17) is 4.42 Å². The summed E-state index contributed by atoms with van der Waals surface area (Å²) >= 11 is 0. The highest BCUT2D eigenvalue weighted by molar-refractivity contribution is 5.88. The molecule has 0 fully saturated rings. The fraction of sp³-hybridized carbons (Fsp3) is 0.880. The number of aryl methyl sites for hydroxylation is 1. The second-order valence-corrected chi connectivity index (χ2v) is 8.71. The molecule has 0 aliphatic rings. The summed E-state index contributed by atoms with van der Waals surface area (Å²) in [6, 6.07) is 0.252. The van der Waals surface area contributed by atoms with Crippen molar-refractivity contribution < 1.29 is 9.21 Å². The summed E-state index contributed by atoms with van der Waals surface area (Å²) in [5.41, 5.74) is 0. The summed E-state index contributed by atoms with van der Waals surface area (Å²) in [6.07, 6.45) is 24.3. The molecule has 1 N–H and O–H groups in total. The van der Waals surface area contributed by atoms with Crippen molar-refractivity contribution in [3.63, 3.8) is 0 Å². The van der Waals surface area contributed by atoms with Crippen molar-refractivity contribution in [3.8, 4) is 0 Å². The van der Waals surface area contributed by atoms with Gasteiger partial charge in [0.25, 0.3) is 0 Å². The number of aromatic nitrogens is 2. The molecule has 0 spiro atoms. The lowest BCUT2D eigenvalue weighted by molar-refractivity contribution is -0.116. The third-order valence-electron chi connectivity index (χ3n) is 5.71. The minimum atomic E-state index is -0.0174. The minimum absolute atomic E-state index is 0.0174. The Labute approximate surface area is 185 Å². The van der Waals surface area contributed by atoms with Crippen LogP contribution >= 0.6 is 0 Å². The molecular formula is C25H47N3O2. The van der Waals surface area contributed by atoms with Crippen molar-refractivity contribution in [2.75, 3.05) is 5.32 Å². The van der Waals surface area contributed by atoms with E-state index in [0.29, 0.717) is 12.3 Å².